The standard InChI is InChI=1S/C11H5ClF3N3O4/c12-5-1-2-6(18(21)22)7(3-5)17-8(11(13,14)15)4-9(19)16-10(17)20/h1-4H,(H,16,19,20). The molecule has 2 rings (SSSR count). The number of halogens is 4. The Morgan fingerprint density at radius 2 is 1.86 bits per heavy atom. The third kappa shape index (κ3) is 2.86. The van der Waals surface area contributed by atoms with E-state index in [1.807, 2.05) is 0 Å². The summed E-state index contributed by atoms with van der Waals surface area (Å²) in [6, 6.07) is 2.91. The lowest BCUT2D eigenvalue weighted by molar-refractivity contribution is -0.384. The fraction of sp³-hybridized carbons (Fsp3) is 0.0909. The van der Waals surface area contributed by atoms with Gasteiger partial charge in [-0.05, 0) is 12.1 Å². The molecular formula is C11H5ClF3N3O4. The summed E-state index contributed by atoms with van der Waals surface area (Å²) >= 11 is 5.63. The van der Waals surface area contributed by atoms with Crippen molar-refractivity contribution in [2.75, 3.05) is 0 Å². The maximum absolute atomic E-state index is 13.0. The highest BCUT2D eigenvalue weighted by atomic mass is 35.5. The van der Waals surface area contributed by atoms with Crippen molar-refractivity contribution in [2.24, 2.45) is 0 Å². The molecule has 0 saturated carbocycles. The van der Waals surface area contributed by atoms with Crippen LogP contribution in [0.4, 0.5) is 18.9 Å². The Kier molecular flexibility index (Phi) is 3.79. The summed E-state index contributed by atoms with van der Waals surface area (Å²) < 4.78 is 39.0. The molecule has 0 aliphatic carbocycles. The number of nitro groups is 1. The lowest BCUT2D eigenvalue weighted by Gasteiger charge is -2.14. The fourth-order valence-electron chi connectivity index (χ4n) is 1.77. The molecule has 0 unspecified atom stereocenters. The van der Waals surface area contributed by atoms with Gasteiger partial charge in [0.2, 0.25) is 0 Å². The molecule has 11 heteroatoms. The third-order valence-electron chi connectivity index (χ3n) is 2.61. The number of nitrogens with one attached hydrogen (secondary N) is 1. The predicted molar refractivity (Wildman–Crippen MR) is 69.3 cm³/mol. The largest absolute Gasteiger partial charge is 0.432 e. The Hall–Kier alpha value is -2.62. The van der Waals surface area contributed by atoms with Gasteiger partial charge in [0, 0.05) is 17.2 Å². The molecule has 0 atom stereocenters. The Balaban J connectivity index is 2.96. The maximum Gasteiger partial charge on any atom is 0.432 e. The molecule has 22 heavy (non-hydrogen) atoms. The van der Waals surface area contributed by atoms with E-state index in [1.54, 1.807) is 4.98 Å². The first-order valence-electron chi connectivity index (χ1n) is 5.49. The van der Waals surface area contributed by atoms with Crippen molar-refractivity contribution in [1.82, 2.24) is 9.55 Å². The molecule has 0 saturated heterocycles. The topological polar surface area (TPSA) is 98.0 Å². The van der Waals surface area contributed by atoms with Crippen LogP contribution >= 0.6 is 11.6 Å². The molecule has 0 spiro atoms. The van der Waals surface area contributed by atoms with Gasteiger partial charge in [-0.3, -0.25) is 24.5 Å². The van der Waals surface area contributed by atoms with Gasteiger partial charge in [-0.1, -0.05) is 11.6 Å². The van der Waals surface area contributed by atoms with Crippen molar-refractivity contribution in [3.63, 3.8) is 0 Å². The Bertz CT molecular complexity index is 872. The van der Waals surface area contributed by atoms with Crippen LogP contribution in [0.2, 0.25) is 5.02 Å². The summed E-state index contributed by atoms with van der Waals surface area (Å²) in [4.78, 5) is 34.4. The van der Waals surface area contributed by atoms with Crippen molar-refractivity contribution in [2.45, 2.75) is 6.18 Å². The summed E-state index contributed by atoms with van der Waals surface area (Å²) in [5, 5.41) is 10.8. The molecule has 0 bridgehead atoms. The second kappa shape index (κ2) is 5.30. The zero-order valence-corrected chi connectivity index (χ0v) is 11.1. The van der Waals surface area contributed by atoms with Gasteiger partial charge in [-0.25, -0.2) is 4.79 Å². The molecule has 0 fully saturated rings. The van der Waals surface area contributed by atoms with Gasteiger partial charge in [0.1, 0.15) is 11.4 Å². The highest BCUT2D eigenvalue weighted by Crippen LogP contribution is 2.32. The van der Waals surface area contributed by atoms with Crippen LogP contribution < -0.4 is 11.2 Å². The van der Waals surface area contributed by atoms with Crippen LogP contribution in [-0.2, 0) is 6.18 Å². The molecule has 2 aromatic rings. The highest BCUT2D eigenvalue weighted by Gasteiger charge is 2.37. The van der Waals surface area contributed by atoms with Crippen LogP contribution in [0, 0.1) is 10.1 Å². The molecule has 0 aliphatic heterocycles. The van der Waals surface area contributed by atoms with Crippen molar-refractivity contribution in [1.29, 1.82) is 0 Å². The molecular weight excluding hydrogens is 331 g/mol. The minimum Gasteiger partial charge on any atom is -0.274 e. The van der Waals surface area contributed by atoms with Crippen molar-refractivity contribution >= 4 is 17.3 Å². The number of alkyl halides is 3. The van der Waals surface area contributed by atoms with Gasteiger partial charge in [-0.2, -0.15) is 13.2 Å². The molecule has 116 valence electrons. The number of hydrogen-bond donors (Lipinski definition) is 1. The molecule has 1 aromatic carbocycles. The average molecular weight is 336 g/mol. The number of nitrogens with zero attached hydrogens (tertiary/aromatic N) is 2. The molecule has 0 radical (unpaired) electrons. The van der Waals surface area contributed by atoms with E-state index in [0.717, 1.165) is 18.2 Å². The number of H-pyrrole nitrogens is 1. The van der Waals surface area contributed by atoms with Gasteiger partial charge in [-0.15, -0.1) is 0 Å². The number of aromatic nitrogens is 2. The smallest absolute Gasteiger partial charge is 0.274 e. The van der Waals surface area contributed by atoms with Crippen molar-refractivity contribution < 1.29 is 18.1 Å². The van der Waals surface area contributed by atoms with Gasteiger partial charge in [0.25, 0.3) is 11.2 Å². The van der Waals surface area contributed by atoms with E-state index in [4.69, 9.17) is 11.6 Å². The van der Waals surface area contributed by atoms with E-state index >= 15 is 0 Å². The normalized spacial score (nSPS) is 11.5. The molecule has 1 N–H and O–H groups in total. The zero-order chi connectivity index (χ0) is 16.7. The van der Waals surface area contributed by atoms with E-state index in [9.17, 15) is 32.9 Å². The number of benzene rings is 1. The number of rotatable bonds is 2. The molecule has 1 aromatic heterocycles. The van der Waals surface area contributed by atoms with Gasteiger partial charge < -0.3 is 0 Å². The summed E-state index contributed by atoms with van der Waals surface area (Å²) in [6.07, 6.45) is -5.08. The minimum absolute atomic E-state index is 0.00852. The zero-order valence-electron chi connectivity index (χ0n) is 10.3. The minimum atomic E-state index is -5.08. The average Bonchev–Trinajstić information content (AvgIpc) is 2.36. The van der Waals surface area contributed by atoms with Gasteiger partial charge in [0.05, 0.1) is 4.92 Å². The highest BCUT2D eigenvalue weighted by molar-refractivity contribution is 6.30. The SMILES string of the molecule is O=c1cc(C(F)(F)F)n(-c2cc(Cl)ccc2[N+](=O)[O-])c(=O)[nH]1. The Labute approximate surface area is 123 Å². The van der Waals surface area contributed by atoms with E-state index in [0.29, 0.717) is 0 Å². The summed E-state index contributed by atoms with van der Waals surface area (Å²) in [6.45, 7) is 0. The predicted octanol–water partition coefficient (Wildman–Crippen LogP) is 2.11. The summed E-state index contributed by atoms with van der Waals surface area (Å²) in [5.41, 5.74) is -5.87. The van der Waals surface area contributed by atoms with Gasteiger partial charge in [0.15, 0.2) is 0 Å². The van der Waals surface area contributed by atoms with Crippen LogP contribution in [-0.4, -0.2) is 14.5 Å². The van der Waals surface area contributed by atoms with Crippen LogP contribution in [0.5, 0.6) is 0 Å². The summed E-state index contributed by atoms with van der Waals surface area (Å²) in [5.74, 6) is 0. The molecule has 0 aliphatic rings. The first-order chi connectivity index (χ1) is 10.1. The second-order valence-electron chi connectivity index (χ2n) is 4.05. The van der Waals surface area contributed by atoms with Gasteiger partial charge >= 0.3 is 11.9 Å². The van der Waals surface area contributed by atoms with E-state index in [1.165, 1.54) is 0 Å². The van der Waals surface area contributed by atoms with Crippen LogP contribution in [0.25, 0.3) is 5.69 Å². The van der Waals surface area contributed by atoms with Crippen molar-refractivity contribution in [3.8, 4) is 5.69 Å². The van der Waals surface area contributed by atoms with Crippen LogP contribution in [0.1, 0.15) is 5.69 Å². The Morgan fingerprint density at radius 1 is 1.23 bits per heavy atom. The molecule has 7 nitrogen and oxygen atoms in total. The summed E-state index contributed by atoms with van der Waals surface area (Å²) in [7, 11) is 0. The molecule has 1 heterocycles. The third-order valence-corrected chi connectivity index (χ3v) is 2.84. The Morgan fingerprint density at radius 3 is 2.41 bits per heavy atom. The van der Waals surface area contributed by atoms with E-state index in [-0.39, 0.29) is 15.7 Å². The number of aromatic amines is 1. The number of hydrogen-bond acceptors (Lipinski definition) is 4. The molecule has 0 amide bonds. The quantitative estimate of drug-likeness (QED) is 0.671. The van der Waals surface area contributed by atoms with Crippen LogP contribution in [0.3, 0.4) is 0 Å². The maximum atomic E-state index is 13.0. The first-order valence-corrected chi connectivity index (χ1v) is 5.87. The fourth-order valence-corrected chi connectivity index (χ4v) is 1.94. The monoisotopic (exact) mass is 335 g/mol. The van der Waals surface area contributed by atoms with Crippen LogP contribution in [0.15, 0.2) is 33.9 Å². The number of nitro benzene ring substituents is 1. The van der Waals surface area contributed by atoms with Crippen molar-refractivity contribution in [3.05, 3.63) is 65.9 Å². The van der Waals surface area contributed by atoms with E-state index in [2.05, 4.69) is 0 Å². The second-order valence-corrected chi connectivity index (χ2v) is 4.48. The van der Waals surface area contributed by atoms with E-state index < -0.39 is 39.4 Å². The lowest BCUT2D eigenvalue weighted by Crippen LogP contribution is -2.34. The first kappa shape index (κ1) is 15.8. The lowest BCUT2D eigenvalue weighted by atomic mass is 10.2.